The fourth-order valence-electron chi connectivity index (χ4n) is 3.09. The molecule has 0 unspecified atom stereocenters. The van der Waals surface area contributed by atoms with Crippen molar-refractivity contribution < 1.29 is 4.79 Å². The highest BCUT2D eigenvalue weighted by Gasteiger charge is 2.20. The van der Waals surface area contributed by atoms with E-state index in [4.69, 9.17) is 0 Å². The topological polar surface area (TPSA) is 61.4 Å². The third kappa shape index (κ3) is 3.85. The average Bonchev–Trinajstić information content (AvgIpc) is 2.68. The van der Waals surface area contributed by atoms with Crippen LogP contribution in [0, 0.1) is 13.8 Å². The number of aryl methyl sites for hydroxylation is 1. The molecule has 2 aromatic rings. The lowest BCUT2D eigenvalue weighted by molar-refractivity contribution is 0.0957. The predicted molar refractivity (Wildman–Crippen MR) is 105 cm³/mol. The predicted octanol–water partition coefficient (Wildman–Crippen LogP) is 2.34. The molecule has 26 heavy (non-hydrogen) atoms. The van der Waals surface area contributed by atoms with E-state index in [9.17, 15) is 4.79 Å². The van der Waals surface area contributed by atoms with Gasteiger partial charge >= 0.3 is 0 Å². The summed E-state index contributed by atoms with van der Waals surface area (Å²) in [5.41, 5.74) is 4.43. The number of carbonyl (C=O) groups excluding carboxylic acids is 1. The van der Waals surface area contributed by atoms with E-state index in [1.165, 1.54) is 16.8 Å². The summed E-state index contributed by atoms with van der Waals surface area (Å²) in [5, 5.41) is 2.72. The molecule has 1 aromatic carbocycles. The minimum absolute atomic E-state index is 0.184. The van der Waals surface area contributed by atoms with Crippen molar-refractivity contribution in [2.24, 2.45) is 0 Å². The van der Waals surface area contributed by atoms with E-state index in [1.807, 2.05) is 0 Å². The Kier molecular flexibility index (Phi) is 5.51. The molecule has 1 saturated heterocycles. The zero-order valence-corrected chi connectivity index (χ0v) is 15.4. The molecule has 6 heteroatoms. The number of anilines is 2. The minimum atomic E-state index is -0.184. The fraction of sp³-hybridized carbons (Fsp3) is 0.350. The van der Waals surface area contributed by atoms with Crippen LogP contribution < -0.4 is 15.1 Å². The van der Waals surface area contributed by atoms with Crippen molar-refractivity contribution >= 4 is 17.5 Å². The summed E-state index contributed by atoms with van der Waals surface area (Å²) in [5.74, 6) is 0.488. The number of aromatic nitrogens is 2. The van der Waals surface area contributed by atoms with Crippen LogP contribution in [0.15, 0.2) is 43.2 Å². The van der Waals surface area contributed by atoms with E-state index in [2.05, 4.69) is 63.7 Å². The van der Waals surface area contributed by atoms with Crippen LogP contribution >= 0.6 is 0 Å². The molecule has 2 heterocycles. The molecule has 6 nitrogen and oxygen atoms in total. The van der Waals surface area contributed by atoms with E-state index in [0.717, 1.165) is 26.2 Å². The first-order chi connectivity index (χ1) is 12.6. The SMILES string of the molecule is C=CCNC(=O)c1cnc(N2CCN(c3cccc(C)c3C)CC2)nc1. The van der Waals surface area contributed by atoms with Gasteiger partial charge in [0.15, 0.2) is 0 Å². The van der Waals surface area contributed by atoms with Crippen LogP contribution in [0.3, 0.4) is 0 Å². The van der Waals surface area contributed by atoms with E-state index in [-0.39, 0.29) is 5.91 Å². The highest BCUT2D eigenvalue weighted by atomic mass is 16.1. The molecule has 136 valence electrons. The third-order valence-electron chi connectivity index (χ3n) is 4.79. The van der Waals surface area contributed by atoms with Gasteiger partial charge in [-0.3, -0.25) is 4.79 Å². The Hall–Kier alpha value is -2.89. The number of benzene rings is 1. The third-order valence-corrected chi connectivity index (χ3v) is 4.79. The minimum Gasteiger partial charge on any atom is -0.368 e. The van der Waals surface area contributed by atoms with Crippen molar-refractivity contribution in [1.29, 1.82) is 0 Å². The summed E-state index contributed by atoms with van der Waals surface area (Å²) in [7, 11) is 0. The molecule has 1 aliphatic heterocycles. The summed E-state index contributed by atoms with van der Waals surface area (Å²) < 4.78 is 0. The van der Waals surface area contributed by atoms with Crippen LogP contribution in [-0.2, 0) is 0 Å². The van der Waals surface area contributed by atoms with Crippen molar-refractivity contribution in [3.8, 4) is 0 Å². The van der Waals surface area contributed by atoms with Crippen LogP contribution in [0.4, 0.5) is 11.6 Å². The average molecular weight is 351 g/mol. The molecule has 0 spiro atoms. The Morgan fingerprint density at radius 1 is 1.15 bits per heavy atom. The van der Waals surface area contributed by atoms with Crippen molar-refractivity contribution in [2.75, 3.05) is 42.5 Å². The maximum atomic E-state index is 11.9. The van der Waals surface area contributed by atoms with Gasteiger partial charge in [0.05, 0.1) is 5.56 Å². The number of nitrogens with one attached hydrogen (secondary N) is 1. The number of rotatable bonds is 5. The highest BCUT2D eigenvalue weighted by Crippen LogP contribution is 2.24. The van der Waals surface area contributed by atoms with Crippen LogP contribution in [0.2, 0.25) is 0 Å². The Balaban J connectivity index is 1.62. The van der Waals surface area contributed by atoms with E-state index >= 15 is 0 Å². The molecule has 0 saturated carbocycles. The smallest absolute Gasteiger partial charge is 0.254 e. The van der Waals surface area contributed by atoms with Gasteiger partial charge in [0, 0.05) is 50.8 Å². The Bertz CT molecular complexity index is 779. The molecular weight excluding hydrogens is 326 g/mol. The van der Waals surface area contributed by atoms with E-state index < -0.39 is 0 Å². The molecule has 1 aromatic heterocycles. The first-order valence-corrected chi connectivity index (χ1v) is 8.87. The van der Waals surface area contributed by atoms with Crippen LogP contribution in [0.25, 0.3) is 0 Å². The van der Waals surface area contributed by atoms with Gasteiger partial charge in [-0.1, -0.05) is 18.2 Å². The van der Waals surface area contributed by atoms with Gasteiger partial charge in [0.2, 0.25) is 5.95 Å². The van der Waals surface area contributed by atoms with Crippen molar-refractivity contribution in [3.05, 3.63) is 59.9 Å². The van der Waals surface area contributed by atoms with Crippen LogP contribution in [0.1, 0.15) is 21.5 Å². The van der Waals surface area contributed by atoms with Gasteiger partial charge in [-0.15, -0.1) is 6.58 Å². The Labute approximate surface area is 154 Å². The monoisotopic (exact) mass is 351 g/mol. The van der Waals surface area contributed by atoms with Crippen molar-refractivity contribution in [2.45, 2.75) is 13.8 Å². The number of carbonyl (C=O) groups is 1. The first-order valence-electron chi connectivity index (χ1n) is 8.87. The molecule has 1 aliphatic rings. The molecule has 1 N–H and O–H groups in total. The lowest BCUT2D eigenvalue weighted by atomic mass is 10.1. The highest BCUT2D eigenvalue weighted by molar-refractivity contribution is 5.93. The molecule has 3 rings (SSSR count). The summed E-state index contributed by atoms with van der Waals surface area (Å²) in [4.78, 5) is 25.2. The lowest BCUT2D eigenvalue weighted by Gasteiger charge is -2.37. The number of amides is 1. The number of hydrogen-bond acceptors (Lipinski definition) is 5. The van der Waals surface area contributed by atoms with Crippen molar-refractivity contribution in [1.82, 2.24) is 15.3 Å². The number of piperazine rings is 1. The van der Waals surface area contributed by atoms with E-state index in [1.54, 1.807) is 18.5 Å². The molecule has 0 bridgehead atoms. The quantitative estimate of drug-likeness (QED) is 0.838. The molecule has 0 aliphatic carbocycles. The zero-order valence-electron chi connectivity index (χ0n) is 15.4. The normalized spacial score (nSPS) is 14.2. The van der Waals surface area contributed by atoms with Crippen LogP contribution in [-0.4, -0.2) is 48.6 Å². The maximum Gasteiger partial charge on any atom is 0.254 e. The standard InChI is InChI=1S/C20H25N5O/c1-4-8-21-19(26)17-13-22-20(23-14-17)25-11-9-24(10-12-25)18-7-5-6-15(2)16(18)3/h4-7,13-14H,1,8-12H2,2-3H3,(H,21,26). The molecule has 1 fully saturated rings. The summed E-state index contributed by atoms with van der Waals surface area (Å²) in [6, 6.07) is 6.45. The maximum absolute atomic E-state index is 11.9. The second-order valence-corrected chi connectivity index (χ2v) is 6.46. The zero-order chi connectivity index (χ0) is 18.5. The van der Waals surface area contributed by atoms with Gasteiger partial charge in [-0.25, -0.2) is 9.97 Å². The second-order valence-electron chi connectivity index (χ2n) is 6.46. The largest absolute Gasteiger partial charge is 0.368 e. The second kappa shape index (κ2) is 7.99. The van der Waals surface area contributed by atoms with Gasteiger partial charge in [-0.2, -0.15) is 0 Å². The summed E-state index contributed by atoms with van der Waals surface area (Å²) >= 11 is 0. The van der Waals surface area contributed by atoms with Gasteiger partial charge in [0.25, 0.3) is 5.91 Å². The van der Waals surface area contributed by atoms with Gasteiger partial charge in [-0.05, 0) is 31.0 Å². The van der Waals surface area contributed by atoms with Crippen molar-refractivity contribution in [3.63, 3.8) is 0 Å². The molecule has 0 radical (unpaired) electrons. The number of hydrogen-bond donors (Lipinski definition) is 1. The fourth-order valence-corrected chi connectivity index (χ4v) is 3.09. The Morgan fingerprint density at radius 2 is 1.81 bits per heavy atom. The summed E-state index contributed by atoms with van der Waals surface area (Å²) in [6.45, 7) is 11.9. The lowest BCUT2D eigenvalue weighted by Crippen LogP contribution is -2.47. The summed E-state index contributed by atoms with van der Waals surface area (Å²) in [6.07, 6.45) is 4.80. The van der Waals surface area contributed by atoms with Crippen LogP contribution in [0.5, 0.6) is 0 Å². The molecular formula is C20H25N5O. The molecule has 0 atom stereocenters. The number of nitrogens with zero attached hydrogens (tertiary/aromatic N) is 4. The molecule has 1 amide bonds. The van der Waals surface area contributed by atoms with E-state index in [0.29, 0.717) is 18.1 Å². The Morgan fingerprint density at radius 3 is 2.46 bits per heavy atom. The van der Waals surface area contributed by atoms with Gasteiger partial charge < -0.3 is 15.1 Å². The van der Waals surface area contributed by atoms with Gasteiger partial charge in [0.1, 0.15) is 0 Å². The first kappa shape index (κ1) is 17.9.